The number of rotatable bonds is 8. The van der Waals surface area contributed by atoms with Gasteiger partial charge in [-0.15, -0.1) is 0 Å². The third-order valence-electron chi connectivity index (χ3n) is 9.99. The molecule has 0 aliphatic rings. The van der Waals surface area contributed by atoms with Gasteiger partial charge in [-0.1, -0.05) is 109 Å². The molecular formula is C50H34N2O2. The molecule has 0 spiro atoms. The van der Waals surface area contributed by atoms with Gasteiger partial charge < -0.3 is 18.6 Å². The van der Waals surface area contributed by atoms with E-state index in [0.717, 1.165) is 89.1 Å². The number of furan rings is 2. The molecule has 0 aliphatic carbocycles. The molecule has 0 unspecified atom stereocenters. The number of hydrogen-bond donors (Lipinski definition) is 0. The molecule has 0 saturated heterocycles. The summed E-state index contributed by atoms with van der Waals surface area (Å²) in [4.78, 5) is 4.61. The van der Waals surface area contributed by atoms with Crippen molar-refractivity contribution in [3.05, 3.63) is 205 Å². The van der Waals surface area contributed by atoms with Crippen molar-refractivity contribution in [2.45, 2.75) is 0 Å². The average Bonchev–Trinajstić information content (AvgIpc) is 3.79. The van der Waals surface area contributed by atoms with E-state index in [0.29, 0.717) is 0 Å². The van der Waals surface area contributed by atoms with Gasteiger partial charge in [0.15, 0.2) is 0 Å². The van der Waals surface area contributed by atoms with E-state index in [1.54, 1.807) is 0 Å². The largest absolute Gasteiger partial charge is 0.456 e. The van der Waals surface area contributed by atoms with Crippen LogP contribution >= 0.6 is 0 Å². The maximum absolute atomic E-state index is 6.16. The van der Waals surface area contributed by atoms with Gasteiger partial charge in [0, 0.05) is 55.7 Å². The van der Waals surface area contributed by atoms with Gasteiger partial charge in [-0.25, -0.2) is 0 Å². The summed E-state index contributed by atoms with van der Waals surface area (Å²) in [5.41, 5.74) is 12.2. The highest BCUT2D eigenvalue weighted by Gasteiger charge is 2.17. The molecule has 10 rings (SSSR count). The van der Waals surface area contributed by atoms with Crippen molar-refractivity contribution in [2.24, 2.45) is 0 Å². The van der Waals surface area contributed by atoms with E-state index in [4.69, 9.17) is 8.83 Å². The zero-order valence-electron chi connectivity index (χ0n) is 29.3. The molecule has 0 N–H and O–H groups in total. The second-order valence-corrected chi connectivity index (χ2v) is 13.4. The third kappa shape index (κ3) is 5.76. The van der Waals surface area contributed by atoms with E-state index >= 15 is 0 Å². The second kappa shape index (κ2) is 13.4. The molecule has 0 radical (unpaired) electrons. The van der Waals surface area contributed by atoms with Crippen LogP contribution in [0.2, 0.25) is 0 Å². The second-order valence-electron chi connectivity index (χ2n) is 13.4. The number of nitrogens with zero attached hydrogens (tertiary/aromatic N) is 2. The standard InChI is InChI=1S/C50H34N2O2/c1-3-15-37(16-4-1)51(41-27-29-49-45(33-41)43-21-7-9-23-47(43)53-49)39-19-11-13-35(31-39)25-26-36-14-12-20-40(32-36)52(38-17-5-2-6-18-38)42-28-30-50-46(34-42)44-22-8-10-24-48(44)54-50/h1-34H. The summed E-state index contributed by atoms with van der Waals surface area (Å²) in [6.45, 7) is 0. The van der Waals surface area contributed by atoms with Gasteiger partial charge in [-0.3, -0.25) is 0 Å². The van der Waals surface area contributed by atoms with Gasteiger partial charge in [0.2, 0.25) is 0 Å². The topological polar surface area (TPSA) is 32.8 Å². The molecule has 0 amide bonds. The summed E-state index contributed by atoms with van der Waals surface area (Å²) in [6, 6.07) is 67.7. The fraction of sp³-hybridized carbons (Fsp3) is 0. The molecule has 2 aromatic heterocycles. The minimum absolute atomic E-state index is 0.883. The maximum atomic E-state index is 6.16. The minimum Gasteiger partial charge on any atom is -0.456 e. The predicted molar refractivity (Wildman–Crippen MR) is 226 cm³/mol. The third-order valence-corrected chi connectivity index (χ3v) is 9.99. The van der Waals surface area contributed by atoms with Crippen molar-refractivity contribution in [3.63, 3.8) is 0 Å². The van der Waals surface area contributed by atoms with Crippen LogP contribution in [0, 0.1) is 0 Å². The average molecular weight is 695 g/mol. The summed E-state index contributed by atoms with van der Waals surface area (Å²) in [5, 5.41) is 4.43. The van der Waals surface area contributed by atoms with Crippen LogP contribution in [0.15, 0.2) is 203 Å². The van der Waals surface area contributed by atoms with Gasteiger partial charge in [0.1, 0.15) is 22.3 Å². The van der Waals surface area contributed by atoms with Gasteiger partial charge in [-0.05, 0) is 108 Å². The van der Waals surface area contributed by atoms with E-state index in [2.05, 4.69) is 192 Å². The van der Waals surface area contributed by atoms with E-state index in [1.807, 2.05) is 24.3 Å². The lowest BCUT2D eigenvalue weighted by Gasteiger charge is -2.26. The van der Waals surface area contributed by atoms with Crippen LogP contribution < -0.4 is 9.80 Å². The fourth-order valence-corrected chi connectivity index (χ4v) is 7.48. The van der Waals surface area contributed by atoms with E-state index in [9.17, 15) is 0 Å². The van der Waals surface area contributed by atoms with Crippen molar-refractivity contribution >= 4 is 90.2 Å². The summed E-state index contributed by atoms with van der Waals surface area (Å²) in [6.07, 6.45) is 4.38. The Morgan fingerprint density at radius 1 is 0.278 bits per heavy atom. The van der Waals surface area contributed by atoms with Gasteiger partial charge in [0.25, 0.3) is 0 Å². The first-order valence-electron chi connectivity index (χ1n) is 18.2. The monoisotopic (exact) mass is 694 g/mol. The Balaban J connectivity index is 1.01. The number of benzene rings is 8. The molecule has 0 atom stereocenters. The molecule has 8 aromatic carbocycles. The number of fused-ring (bicyclic) bond motifs is 6. The van der Waals surface area contributed by atoms with Crippen molar-refractivity contribution in [1.29, 1.82) is 0 Å². The molecule has 256 valence electrons. The normalized spacial score (nSPS) is 11.6. The Morgan fingerprint density at radius 3 is 1.11 bits per heavy atom. The zero-order chi connectivity index (χ0) is 35.8. The van der Waals surface area contributed by atoms with Gasteiger partial charge in [-0.2, -0.15) is 0 Å². The molecule has 2 heterocycles. The van der Waals surface area contributed by atoms with Crippen molar-refractivity contribution < 1.29 is 8.83 Å². The zero-order valence-corrected chi connectivity index (χ0v) is 29.3. The minimum atomic E-state index is 0.883. The van der Waals surface area contributed by atoms with Crippen LogP contribution in [0.5, 0.6) is 0 Å². The van der Waals surface area contributed by atoms with Crippen LogP contribution in [0.3, 0.4) is 0 Å². The molecule has 0 fully saturated rings. The molecule has 0 aliphatic heterocycles. The van der Waals surface area contributed by atoms with Gasteiger partial charge in [0.05, 0.1) is 0 Å². The first-order valence-corrected chi connectivity index (χ1v) is 18.2. The number of para-hydroxylation sites is 4. The Kier molecular flexibility index (Phi) is 7.77. The smallest absolute Gasteiger partial charge is 0.135 e. The first-order chi connectivity index (χ1) is 26.7. The maximum Gasteiger partial charge on any atom is 0.135 e. The van der Waals surface area contributed by atoms with Gasteiger partial charge >= 0.3 is 0 Å². The van der Waals surface area contributed by atoms with E-state index < -0.39 is 0 Å². The van der Waals surface area contributed by atoms with Crippen molar-refractivity contribution in [2.75, 3.05) is 9.80 Å². The molecule has 0 bridgehead atoms. The fourth-order valence-electron chi connectivity index (χ4n) is 7.48. The highest BCUT2D eigenvalue weighted by atomic mass is 16.3. The van der Waals surface area contributed by atoms with Crippen LogP contribution in [0.25, 0.3) is 56.0 Å². The highest BCUT2D eigenvalue weighted by Crippen LogP contribution is 2.41. The molecule has 0 saturated carbocycles. The lowest BCUT2D eigenvalue weighted by atomic mass is 10.1. The molecule has 4 heteroatoms. The van der Waals surface area contributed by atoms with Crippen LogP contribution in [0.4, 0.5) is 34.1 Å². The highest BCUT2D eigenvalue weighted by molar-refractivity contribution is 6.07. The molecule has 4 nitrogen and oxygen atoms in total. The van der Waals surface area contributed by atoms with Crippen LogP contribution in [-0.2, 0) is 0 Å². The first kappa shape index (κ1) is 31.4. The Labute approximate surface area is 313 Å². The number of hydrogen-bond acceptors (Lipinski definition) is 4. The quantitative estimate of drug-likeness (QED) is 0.148. The Morgan fingerprint density at radius 2 is 0.648 bits per heavy atom. The lowest BCUT2D eigenvalue weighted by Crippen LogP contribution is -2.10. The molecular weight excluding hydrogens is 661 g/mol. The Hall–Kier alpha value is -7.30. The van der Waals surface area contributed by atoms with E-state index in [1.165, 1.54) is 0 Å². The Bertz CT molecular complexity index is 2760. The molecule has 54 heavy (non-hydrogen) atoms. The van der Waals surface area contributed by atoms with Crippen molar-refractivity contribution in [3.8, 4) is 0 Å². The summed E-state index contributed by atoms with van der Waals surface area (Å²) >= 11 is 0. The predicted octanol–water partition coefficient (Wildman–Crippen LogP) is 14.6. The van der Waals surface area contributed by atoms with Crippen molar-refractivity contribution in [1.82, 2.24) is 0 Å². The number of anilines is 6. The summed E-state index contributed by atoms with van der Waals surface area (Å²) in [7, 11) is 0. The van der Waals surface area contributed by atoms with E-state index in [-0.39, 0.29) is 0 Å². The molecule has 10 aromatic rings. The van der Waals surface area contributed by atoms with Crippen LogP contribution in [-0.4, -0.2) is 0 Å². The van der Waals surface area contributed by atoms with Crippen LogP contribution in [0.1, 0.15) is 11.1 Å². The lowest BCUT2D eigenvalue weighted by molar-refractivity contribution is 0.668. The SMILES string of the molecule is C(=Cc1cccc(N(c2ccccc2)c2ccc3oc4ccccc4c3c2)c1)c1cccc(N(c2ccccc2)c2ccc3oc4ccccc4c3c2)c1. The summed E-state index contributed by atoms with van der Waals surface area (Å²) in [5.74, 6) is 0. The summed E-state index contributed by atoms with van der Waals surface area (Å²) < 4.78 is 12.3.